The van der Waals surface area contributed by atoms with Crippen LogP contribution < -0.4 is 0 Å². The normalized spacial score (nSPS) is 10.3. The Morgan fingerprint density at radius 3 is 2.55 bits per heavy atom. The Hall–Kier alpha value is -1.81. The number of carbonyl (C=O) groups excluding carboxylic acids is 1. The van der Waals surface area contributed by atoms with Crippen molar-refractivity contribution >= 4 is 21.9 Å². The van der Waals surface area contributed by atoms with Gasteiger partial charge in [-0.3, -0.25) is 0 Å². The Morgan fingerprint density at radius 1 is 1.20 bits per heavy atom. The first-order valence-electron chi connectivity index (χ1n) is 6.33. The Labute approximate surface area is 126 Å². The molecule has 0 fully saturated rings. The van der Waals surface area contributed by atoms with Crippen molar-refractivity contribution in [3.8, 4) is 5.75 Å². The van der Waals surface area contributed by atoms with E-state index in [1.165, 1.54) is 0 Å². The minimum atomic E-state index is -0.315. The molecule has 2 aromatic rings. The van der Waals surface area contributed by atoms with Crippen LogP contribution in [0.1, 0.15) is 28.4 Å². The second kappa shape index (κ2) is 6.57. The number of carbonyl (C=O) groups is 1. The summed E-state index contributed by atoms with van der Waals surface area (Å²) in [6.45, 7) is 2.15. The summed E-state index contributed by atoms with van der Waals surface area (Å²) in [6.07, 6.45) is 0.606. The van der Waals surface area contributed by atoms with Gasteiger partial charge in [-0.15, -0.1) is 0 Å². The van der Waals surface area contributed by atoms with E-state index in [2.05, 4.69) is 15.9 Å². The van der Waals surface area contributed by atoms with E-state index < -0.39 is 0 Å². The molecule has 20 heavy (non-hydrogen) atoms. The molecule has 2 aromatic carbocycles. The maximum absolute atomic E-state index is 11.5. The van der Waals surface area contributed by atoms with Crippen molar-refractivity contribution in [1.82, 2.24) is 0 Å². The fourth-order valence-electron chi connectivity index (χ4n) is 1.89. The average molecular weight is 335 g/mol. The quantitative estimate of drug-likeness (QED) is 0.862. The molecule has 2 rings (SSSR count). The number of esters is 1. The summed E-state index contributed by atoms with van der Waals surface area (Å²) >= 11 is 3.39. The second-order valence-electron chi connectivity index (χ2n) is 4.37. The summed E-state index contributed by atoms with van der Waals surface area (Å²) in [5.41, 5.74) is 2.39. The molecule has 0 radical (unpaired) electrons. The molecule has 0 spiro atoms. The van der Waals surface area contributed by atoms with Crippen LogP contribution in [0.25, 0.3) is 0 Å². The molecule has 0 aliphatic heterocycles. The Bertz CT molecular complexity index is 606. The van der Waals surface area contributed by atoms with Crippen LogP contribution in [0.4, 0.5) is 0 Å². The number of halogens is 1. The van der Waals surface area contributed by atoms with Crippen molar-refractivity contribution in [2.75, 3.05) is 6.61 Å². The first kappa shape index (κ1) is 14.6. The molecule has 0 unspecified atom stereocenters. The van der Waals surface area contributed by atoms with Crippen LogP contribution in [0.3, 0.4) is 0 Å². The van der Waals surface area contributed by atoms with Crippen LogP contribution in [-0.2, 0) is 11.2 Å². The van der Waals surface area contributed by atoms with E-state index in [0.29, 0.717) is 18.6 Å². The first-order chi connectivity index (χ1) is 9.60. The van der Waals surface area contributed by atoms with Gasteiger partial charge in [-0.1, -0.05) is 28.1 Å². The highest BCUT2D eigenvalue weighted by Crippen LogP contribution is 2.24. The largest absolute Gasteiger partial charge is 0.508 e. The SMILES string of the molecule is CCOC(=O)c1ccc(Cc2cc(Br)ccc2O)cc1. The van der Waals surface area contributed by atoms with Crippen LogP contribution in [0.5, 0.6) is 5.75 Å². The fraction of sp³-hybridized carbons (Fsp3) is 0.188. The summed E-state index contributed by atoms with van der Waals surface area (Å²) in [5, 5.41) is 9.81. The average Bonchev–Trinajstić information content (AvgIpc) is 2.44. The lowest BCUT2D eigenvalue weighted by Crippen LogP contribution is -2.04. The van der Waals surface area contributed by atoms with Crippen molar-refractivity contribution in [3.05, 3.63) is 63.6 Å². The molecule has 0 aliphatic rings. The minimum Gasteiger partial charge on any atom is -0.508 e. The number of ether oxygens (including phenoxy) is 1. The Morgan fingerprint density at radius 2 is 1.90 bits per heavy atom. The van der Waals surface area contributed by atoms with Crippen molar-refractivity contribution in [1.29, 1.82) is 0 Å². The molecule has 0 saturated carbocycles. The standard InChI is InChI=1S/C16H15BrO3/c1-2-20-16(19)12-5-3-11(4-6-12)9-13-10-14(17)7-8-15(13)18/h3-8,10,18H,2,9H2,1H3. The number of rotatable bonds is 4. The van der Waals surface area contributed by atoms with Gasteiger partial charge in [0.05, 0.1) is 12.2 Å². The highest BCUT2D eigenvalue weighted by atomic mass is 79.9. The van der Waals surface area contributed by atoms with E-state index in [0.717, 1.165) is 15.6 Å². The minimum absolute atomic E-state index is 0.266. The third kappa shape index (κ3) is 3.61. The third-order valence-corrected chi connectivity index (χ3v) is 3.39. The third-order valence-electron chi connectivity index (χ3n) is 2.90. The number of phenols is 1. The van der Waals surface area contributed by atoms with Crippen LogP contribution in [0, 0.1) is 0 Å². The maximum Gasteiger partial charge on any atom is 0.338 e. The zero-order valence-corrected chi connectivity index (χ0v) is 12.7. The monoisotopic (exact) mass is 334 g/mol. The smallest absolute Gasteiger partial charge is 0.338 e. The predicted molar refractivity (Wildman–Crippen MR) is 81.0 cm³/mol. The molecule has 0 atom stereocenters. The molecule has 0 heterocycles. The zero-order valence-electron chi connectivity index (χ0n) is 11.1. The van der Waals surface area contributed by atoms with Crippen molar-refractivity contribution < 1.29 is 14.6 Å². The topological polar surface area (TPSA) is 46.5 Å². The lowest BCUT2D eigenvalue weighted by atomic mass is 10.0. The van der Waals surface area contributed by atoms with Gasteiger partial charge < -0.3 is 9.84 Å². The number of phenolic OH excluding ortho intramolecular Hbond substituents is 1. The van der Waals surface area contributed by atoms with E-state index in [1.54, 1.807) is 31.2 Å². The molecule has 0 aliphatic carbocycles. The van der Waals surface area contributed by atoms with E-state index >= 15 is 0 Å². The van der Waals surface area contributed by atoms with Crippen LogP contribution in [-0.4, -0.2) is 17.7 Å². The molecular formula is C16H15BrO3. The summed E-state index contributed by atoms with van der Waals surface area (Å²) < 4.78 is 5.86. The molecule has 104 valence electrons. The first-order valence-corrected chi connectivity index (χ1v) is 7.13. The Balaban J connectivity index is 2.14. The summed E-state index contributed by atoms with van der Waals surface area (Å²) in [4.78, 5) is 11.5. The van der Waals surface area contributed by atoms with E-state index in [1.807, 2.05) is 18.2 Å². The van der Waals surface area contributed by atoms with Gasteiger partial charge in [0.2, 0.25) is 0 Å². The van der Waals surface area contributed by atoms with Gasteiger partial charge in [0.25, 0.3) is 0 Å². The molecule has 1 N–H and O–H groups in total. The highest BCUT2D eigenvalue weighted by molar-refractivity contribution is 9.10. The number of hydrogen-bond donors (Lipinski definition) is 1. The van der Waals surface area contributed by atoms with Crippen molar-refractivity contribution in [2.45, 2.75) is 13.3 Å². The summed E-state index contributed by atoms with van der Waals surface area (Å²) in [6, 6.07) is 12.5. The Kier molecular flexibility index (Phi) is 4.79. The van der Waals surface area contributed by atoms with Gasteiger partial charge in [-0.05, 0) is 48.4 Å². The maximum atomic E-state index is 11.5. The summed E-state index contributed by atoms with van der Waals surface area (Å²) in [5.74, 6) is -0.0491. The van der Waals surface area contributed by atoms with Gasteiger partial charge in [0, 0.05) is 10.9 Å². The predicted octanol–water partition coefficient (Wildman–Crippen LogP) is 3.92. The zero-order chi connectivity index (χ0) is 14.5. The van der Waals surface area contributed by atoms with Crippen LogP contribution >= 0.6 is 15.9 Å². The molecule has 0 amide bonds. The lowest BCUT2D eigenvalue weighted by Gasteiger charge is -2.07. The fourth-order valence-corrected chi connectivity index (χ4v) is 2.30. The van der Waals surface area contributed by atoms with Gasteiger partial charge in [-0.2, -0.15) is 0 Å². The highest BCUT2D eigenvalue weighted by Gasteiger charge is 2.07. The van der Waals surface area contributed by atoms with Gasteiger partial charge in [-0.25, -0.2) is 4.79 Å². The van der Waals surface area contributed by atoms with Gasteiger partial charge in [0.15, 0.2) is 0 Å². The van der Waals surface area contributed by atoms with E-state index in [4.69, 9.17) is 4.74 Å². The van der Waals surface area contributed by atoms with Crippen LogP contribution in [0.2, 0.25) is 0 Å². The molecule has 4 heteroatoms. The number of hydrogen-bond acceptors (Lipinski definition) is 3. The molecule has 0 saturated heterocycles. The molecule has 0 aromatic heterocycles. The number of aromatic hydroxyl groups is 1. The number of benzene rings is 2. The van der Waals surface area contributed by atoms with Gasteiger partial charge in [0.1, 0.15) is 5.75 Å². The van der Waals surface area contributed by atoms with Gasteiger partial charge >= 0.3 is 5.97 Å². The van der Waals surface area contributed by atoms with Crippen molar-refractivity contribution in [2.24, 2.45) is 0 Å². The van der Waals surface area contributed by atoms with E-state index in [-0.39, 0.29) is 11.7 Å². The molecule has 0 bridgehead atoms. The summed E-state index contributed by atoms with van der Waals surface area (Å²) in [7, 11) is 0. The molecule has 3 nitrogen and oxygen atoms in total. The van der Waals surface area contributed by atoms with Crippen LogP contribution in [0.15, 0.2) is 46.9 Å². The molecular weight excluding hydrogens is 320 g/mol. The lowest BCUT2D eigenvalue weighted by molar-refractivity contribution is 0.0526. The van der Waals surface area contributed by atoms with E-state index in [9.17, 15) is 9.90 Å². The second-order valence-corrected chi connectivity index (χ2v) is 5.28. The van der Waals surface area contributed by atoms with Crippen molar-refractivity contribution in [3.63, 3.8) is 0 Å².